The van der Waals surface area contributed by atoms with E-state index in [2.05, 4.69) is 27.7 Å². The van der Waals surface area contributed by atoms with Crippen LogP contribution in [0.1, 0.15) is 39.7 Å². The highest BCUT2D eigenvalue weighted by molar-refractivity contribution is 6.31. The number of rotatable bonds is 4. The van der Waals surface area contributed by atoms with Crippen LogP contribution < -0.4 is 10.5 Å². The van der Waals surface area contributed by atoms with Crippen LogP contribution in [0.15, 0.2) is 18.2 Å². The molecule has 22 heavy (non-hydrogen) atoms. The summed E-state index contributed by atoms with van der Waals surface area (Å²) in [5.74, 6) is 0.443. The molecule has 0 spiro atoms. The zero-order valence-corrected chi connectivity index (χ0v) is 14.0. The molecule has 0 heterocycles. The van der Waals surface area contributed by atoms with Crippen LogP contribution in [-0.2, 0) is 4.79 Å². The number of benzene rings is 1. The lowest BCUT2D eigenvalue weighted by Crippen LogP contribution is -2.66. The Morgan fingerprint density at radius 2 is 2.09 bits per heavy atom. The van der Waals surface area contributed by atoms with E-state index in [9.17, 15) is 4.79 Å². The van der Waals surface area contributed by atoms with Crippen molar-refractivity contribution in [1.29, 1.82) is 5.26 Å². The largest absolute Gasteiger partial charge is 0.489 e. The zero-order chi connectivity index (χ0) is 17.4. The molecule has 0 unspecified atom stereocenters. The lowest BCUT2D eigenvalue weighted by atomic mass is 9.45. The number of ether oxygens (including phenoxy) is 1. The number of hydrogen-bond donors (Lipinski definition) is 1. The summed E-state index contributed by atoms with van der Waals surface area (Å²) in [5.41, 5.74) is 1.94. The van der Waals surface area contributed by atoms with Crippen molar-refractivity contribution in [3.8, 4) is 11.8 Å². The van der Waals surface area contributed by atoms with E-state index in [-0.39, 0.29) is 28.8 Å². The Bertz CT molecular complexity index is 651. The molecule has 1 aliphatic rings. The standard InChI is InChI=1S/C17H21ClN2O2/c1-16(2)13(8-14(20)21)17(3,4)15(16)22-11-6-5-10(9-19)12(18)7-11/h5-7,13,15H,8H2,1-4H3,(H2,20,21)/i/hD. The molecule has 5 heteroatoms. The van der Waals surface area contributed by atoms with E-state index in [4.69, 9.17) is 23.0 Å². The predicted octanol–water partition coefficient (Wildman–Crippen LogP) is 3.52. The molecule has 0 aliphatic heterocycles. The number of carbonyl (C=O) groups excluding carboxylic acids is 1. The minimum absolute atomic E-state index is 0.0949. The van der Waals surface area contributed by atoms with Gasteiger partial charge in [0.15, 0.2) is 1.41 Å². The van der Waals surface area contributed by atoms with Crippen molar-refractivity contribution in [1.82, 2.24) is 0 Å². The third-order valence-corrected chi connectivity index (χ3v) is 5.16. The van der Waals surface area contributed by atoms with Crippen LogP contribution in [-0.4, -0.2) is 12.0 Å². The van der Waals surface area contributed by atoms with Gasteiger partial charge in [-0.15, -0.1) is 0 Å². The number of primary amides is 1. The minimum atomic E-state index is -0.281. The molecule has 1 aromatic rings. The molecule has 0 atom stereocenters. The van der Waals surface area contributed by atoms with E-state index in [0.717, 1.165) is 0 Å². The molecule has 1 amide bonds. The highest BCUT2D eigenvalue weighted by atomic mass is 35.5. The highest BCUT2D eigenvalue weighted by Crippen LogP contribution is 2.61. The monoisotopic (exact) mass is 321 g/mol. The van der Waals surface area contributed by atoms with Gasteiger partial charge >= 0.3 is 0 Å². The van der Waals surface area contributed by atoms with E-state index in [1.54, 1.807) is 18.2 Å². The topological polar surface area (TPSA) is 76.1 Å². The second-order valence-corrected chi connectivity index (χ2v) is 7.48. The maximum atomic E-state index is 11.6. The molecule has 1 aliphatic carbocycles. The second-order valence-electron chi connectivity index (χ2n) is 7.07. The zero-order valence-electron chi connectivity index (χ0n) is 14.2. The molecule has 0 aromatic heterocycles. The molecule has 0 radical (unpaired) electrons. The van der Waals surface area contributed by atoms with Crippen molar-refractivity contribution in [3.05, 3.63) is 28.8 Å². The van der Waals surface area contributed by atoms with Crippen LogP contribution in [0.2, 0.25) is 6.43 Å². The second kappa shape index (κ2) is 5.48. The van der Waals surface area contributed by atoms with Gasteiger partial charge in [-0.05, 0) is 18.1 Å². The van der Waals surface area contributed by atoms with Crippen LogP contribution in [0.5, 0.6) is 5.75 Å². The number of nitrogens with zero attached hydrogens (tertiary/aromatic N) is 1. The smallest absolute Gasteiger partial charge is 0.217 e. The van der Waals surface area contributed by atoms with E-state index >= 15 is 0 Å². The van der Waals surface area contributed by atoms with Crippen molar-refractivity contribution in [2.45, 2.75) is 40.2 Å². The van der Waals surface area contributed by atoms with Gasteiger partial charge in [0, 0.05) is 23.3 Å². The molecular formula is C17H21ClN2O2. The summed E-state index contributed by atoms with van der Waals surface area (Å²) in [7, 11) is 0. The van der Waals surface area contributed by atoms with Crippen molar-refractivity contribution >= 4 is 17.5 Å². The van der Waals surface area contributed by atoms with Gasteiger partial charge in [0.25, 0.3) is 0 Å². The Morgan fingerprint density at radius 3 is 2.59 bits per heavy atom. The first-order valence-electron chi connectivity index (χ1n) is 7.71. The molecule has 1 saturated carbocycles. The van der Waals surface area contributed by atoms with Gasteiger partial charge in [-0.1, -0.05) is 39.3 Å². The minimum Gasteiger partial charge on any atom is -0.489 e. The fraction of sp³-hybridized carbons (Fsp3) is 0.529. The quantitative estimate of drug-likeness (QED) is 0.921. The van der Waals surface area contributed by atoms with Crippen molar-refractivity contribution in [2.75, 3.05) is 0 Å². The highest BCUT2D eigenvalue weighted by Gasteiger charge is 2.63. The van der Waals surface area contributed by atoms with E-state index in [1.165, 1.54) is 0 Å². The molecule has 2 rings (SSSR count). The average molecular weight is 322 g/mol. The van der Waals surface area contributed by atoms with Crippen LogP contribution in [0.25, 0.3) is 0 Å². The Labute approximate surface area is 137 Å². The summed E-state index contributed by atoms with van der Waals surface area (Å²) in [6, 6.07) is 7.05. The van der Waals surface area contributed by atoms with E-state index < -0.39 is 0 Å². The molecular weight excluding hydrogens is 300 g/mol. The van der Waals surface area contributed by atoms with Gasteiger partial charge < -0.3 is 10.5 Å². The van der Waals surface area contributed by atoms with Crippen molar-refractivity contribution in [2.24, 2.45) is 22.5 Å². The lowest BCUT2D eigenvalue weighted by Gasteiger charge is -2.63. The summed E-state index contributed by atoms with van der Waals surface area (Å²) < 4.78 is 13.1. The fourth-order valence-corrected chi connectivity index (χ4v) is 4.21. The van der Waals surface area contributed by atoms with Crippen LogP contribution >= 0.6 is 11.6 Å². The number of nitriles is 1. The van der Waals surface area contributed by atoms with Gasteiger partial charge in [0.1, 0.15) is 17.9 Å². The normalized spacial score (nSPS) is 25.4. The first-order chi connectivity index (χ1) is 10.6. The Hall–Kier alpha value is -1.73. The molecule has 0 saturated heterocycles. The van der Waals surface area contributed by atoms with Crippen molar-refractivity contribution < 1.29 is 10.9 Å². The van der Waals surface area contributed by atoms with Gasteiger partial charge in [-0.25, -0.2) is 0 Å². The Balaban J connectivity index is 2.19. The molecule has 118 valence electrons. The molecule has 2 N–H and O–H groups in total. The maximum absolute atomic E-state index is 11.6. The SMILES string of the molecule is [2H]NC(=O)CC1C(C)(C)C(Oc2ccc(C#N)c(Cl)c2)C1(C)C. The first kappa shape index (κ1) is 15.2. The third kappa shape index (κ3) is 2.66. The summed E-state index contributed by atoms with van der Waals surface area (Å²) in [6.45, 7) is 8.26. The van der Waals surface area contributed by atoms with Crippen LogP contribution in [0.4, 0.5) is 0 Å². The number of halogens is 1. The van der Waals surface area contributed by atoms with E-state index in [1.807, 2.05) is 11.8 Å². The summed E-state index contributed by atoms with van der Waals surface area (Å²) in [5, 5.41) is 9.29. The molecule has 0 bridgehead atoms. The van der Waals surface area contributed by atoms with Gasteiger partial charge in [0.2, 0.25) is 5.91 Å². The summed E-state index contributed by atoms with van der Waals surface area (Å²) in [4.78, 5) is 11.6. The summed E-state index contributed by atoms with van der Waals surface area (Å²) >= 11 is 6.06. The maximum Gasteiger partial charge on any atom is 0.217 e. The number of amides is 1. The van der Waals surface area contributed by atoms with Crippen LogP contribution in [0, 0.1) is 28.1 Å². The van der Waals surface area contributed by atoms with E-state index in [0.29, 0.717) is 22.8 Å². The summed E-state index contributed by atoms with van der Waals surface area (Å²) in [6.07, 6.45) is 0.208. The molecule has 4 nitrogen and oxygen atoms in total. The van der Waals surface area contributed by atoms with Gasteiger partial charge in [-0.2, -0.15) is 5.26 Å². The lowest BCUT2D eigenvalue weighted by molar-refractivity contribution is -0.200. The molecule has 1 aromatic carbocycles. The number of nitrogens with two attached hydrogens (primary N) is 1. The average Bonchev–Trinajstić information content (AvgIpc) is 2.49. The Morgan fingerprint density at radius 1 is 1.45 bits per heavy atom. The first-order valence-corrected chi connectivity index (χ1v) is 7.59. The van der Waals surface area contributed by atoms with Gasteiger partial charge in [-0.3, -0.25) is 4.79 Å². The number of hydrogen-bond acceptors (Lipinski definition) is 3. The third-order valence-electron chi connectivity index (χ3n) is 4.85. The van der Waals surface area contributed by atoms with Gasteiger partial charge in [0.05, 0.1) is 10.6 Å². The number of carbonyl (C=O) groups is 1. The molecule has 1 fully saturated rings. The fourth-order valence-electron chi connectivity index (χ4n) is 4.00. The Kier molecular flexibility index (Phi) is 3.78. The van der Waals surface area contributed by atoms with Crippen LogP contribution in [0.3, 0.4) is 0 Å². The van der Waals surface area contributed by atoms with Crippen molar-refractivity contribution in [3.63, 3.8) is 0 Å². The predicted molar refractivity (Wildman–Crippen MR) is 85.4 cm³/mol.